The minimum Gasteiger partial charge on any atom is -0.479 e. The highest BCUT2D eigenvalue weighted by molar-refractivity contribution is 5.78. The zero-order chi connectivity index (χ0) is 13.5. The molecule has 1 aromatic rings. The Kier molecular flexibility index (Phi) is 5.32. The van der Waals surface area contributed by atoms with Crippen molar-refractivity contribution in [2.24, 2.45) is 0 Å². The van der Waals surface area contributed by atoms with Gasteiger partial charge in [0.15, 0.2) is 6.04 Å². The van der Waals surface area contributed by atoms with Crippen LogP contribution in [0, 0.1) is 0 Å². The number of carboxylic acids is 1. The number of likely N-dealkylation sites (N-methyl/N-ethyl adjacent to an activating group) is 1. The van der Waals surface area contributed by atoms with Crippen LogP contribution < -0.4 is 0 Å². The van der Waals surface area contributed by atoms with Crippen LogP contribution in [0.15, 0.2) is 24.3 Å². The molecule has 0 aliphatic rings. The molecule has 0 heterocycles. The summed E-state index contributed by atoms with van der Waals surface area (Å²) in [4.78, 5) is 23.4. The fourth-order valence-corrected chi connectivity index (χ4v) is 1.81. The van der Waals surface area contributed by atoms with Crippen molar-refractivity contribution in [1.82, 2.24) is 4.90 Å². The molecule has 0 spiro atoms. The summed E-state index contributed by atoms with van der Waals surface area (Å²) in [5, 5.41) is 9.25. The SMILES string of the molecule is CCN(C=O)C(C(=O)O)c1cccc(COC)c1. The highest BCUT2D eigenvalue weighted by Gasteiger charge is 2.25. The topological polar surface area (TPSA) is 66.8 Å². The summed E-state index contributed by atoms with van der Waals surface area (Å²) in [5.74, 6) is -1.04. The second-order valence-electron chi connectivity index (χ2n) is 3.85. The number of ether oxygens (including phenoxy) is 1. The number of hydrogen-bond donors (Lipinski definition) is 1. The Morgan fingerprint density at radius 2 is 2.28 bits per heavy atom. The molecule has 0 fully saturated rings. The Morgan fingerprint density at radius 3 is 2.78 bits per heavy atom. The van der Waals surface area contributed by atoms with E-state index in [2.05, 4.69) is 0 Å². The molecule has 1 rings (SSSR count). The van der Waals surface area contributed by atoms with Crippen molar-refractivity contribution in [2.75, 3.05) is 13.7 Å². The van der Waals surface area contributed by atoms with Crippen molar-refractivity contribution in [2.45, 2.75) is 19.6 Å². The van der Waals surface area contributed by atoms with E-state index >= 15 is 0 Å². The summed E-state index contributed by atoms with van der Waals surface area (Å²) in [6, 6.07) is 6.10. The third-order valence-electron chi connectivity index (χ3n) is 2.64. The third kappa shape index (κ3) is 3.30. The molecule has 0 radical (unpaired) electrons. The molecule has 0 bridgehead atoms. The first-order valence-electron chi connectivity index (χ1n) is 5.65. The van der Waals surface area contributed by atoms with Crippen LogP contribution in [0.25, 0.3) is 0 Å². The number of aliphatic carboxylic acids is 1. The molecule has 0 aliphatic carbocycles. The molecule has 1 aromatic carbocycles. The minimum atomic E-state index is -1.04. The zero-order valence-corrected chi connectivity index (χ0v) is 10.5. The van der Waals surface area contributed by atoms with Gasteiger partial charge in [-0.15, -0.1) is 0 Å². The normalized spacial score (nSPS) is 11.9. The number of hydrogen-bond acceptors (Lipinski definition) is 3. The van der Waals surface area contributed by atoms with Gasteiger partial charge in [-0.3, -0.25) is 4.79 Å². The fraction of sp³-hybridized carbons (Fsp3) is 0.385. The van der Waals surface area contributed by atoms with Gasteiger partial charge in [-0.2, -0.15) is 0 Å². The first-order chi connectivity index (χ1) is 8.63. The number of amides is 1. The average molecular weight is 251 g/mol. The number of carbonyl (C=O) groups is 2. The summed E-state index contributed by atoms with van der Waals surface area (Å²) >= 11 is 0. The molecule has 1 N–H and O–H groups in total. The lowest BCUT2D eigenvalue weighted by molar-refractivity contribution is -0.146. The van der Waals surface area contributed by atoms with Crippen molar-refractivity contribution in [1.29, 1.82) is 0 Å². The molecule has 1 atom stereocenters. The van der Waals surface area contributed by atoms with Gasteiger partial charge < -0.3 is 14.7 Å². The first kappa shape index (κ1) is 14.2. The smallest absolute Gasteiger partial charge is 0.331 e. The van der Waals surface area contributed by atoms with E-state index in [1.165, 1.54) is 4.90 Å². The van der Waals surface area contributed by atoms with E-state index in [0.29, 0.717) is 25.1 Å². The second kappa shape index (κ2) is 6.76. The van der Waals surface area contributed by atoms with Crippen LogP contribution in [0.1, 0.15) is 24.1 Å². The standard InChI is InChI=1S/C13H17NO4/c1-3-14(9-15)12(13(16)17)11-6-4-5-10(7-11)8-18-2/h4-7,9,12H,3,8H2,1-2H3,(H,16,17). The fourth-order valence-electron chi connectivity index (χ4n) is 1.81. The highest BCUT2D eigenvalue weighted by Crippen LogP contribution is 2.21. The summed E-state index contributed by atoms with van der Waals surface area (Å²) in [6.07, 6.45) is 0.557. The Hall–Kier alpha value is -1.88. The zero-order valence-electron chi connectivity index (χ0n) is 10.5. The van der Waals surface area contributed by atoms with Crippen molar-refractivity contribution in [3.8, 4) is 0 Å². The Bertz CT molecular complexity index is 419. The van der Waals surface area contributed by atoms with Crippen molar-refractivity contribution in [3.05, 3.63) is 35.4 Å². The maximum Gasteiger partial charge on any atom is 0.331 e. The van der Waals surface area contributed by atoms with E-state index in [0.717, 1.165) is 5.56 Å². The van der Waals surface area contributed by atoms with Gasteiger partial charge in [0.1, 0.15) is 0 Å². The number of methoxy groups -OCH3 is 1. The minimum absolute atomic E-state index is 0.342. The van der Waals surface area contributed by atoms with Crippen LogP contribution in [-0.4, -0.2) is 36.0 Å². The molecule has 0 saturated heterocycles. The van der Waals surface area contributed by atoms with Gasteiger partial charge in [0, 0.05) is 13.7 Å². The average Bonchev–Trinajstić information content (AvgIpc) is 2.36. The molecule has 0 aromatic heterocycles. The molecule has 18 heavy (non-hydrogen) atoms. The monoisotopic (exact) mass is 251 g/mol. The largest absolute Gasteiger partial charge is 0.479 e. The van der Waals surface area contributed by atoms with Gasteiger partial charge in [-0.05, 0) is 18.1 Å². The van der Waals surface area contributed by atoms with Crippen molar-refractivity contribution < 1.29 is 19.4 Å². The second-order valence-corrected chi connectivity index (χ2v) is 3.85. The third-order valence-corrected chi connectivity index (χ3v) is 2.64. The van der Waals surface area contributed by atoms with Crippen molar-refractivity contribution in [3.63, 3.8) is 0 Å². The van der Waals surface area contributed by atoms with Crippen LogP contribution in [0.4, 0.5) is 0 Å². The molecule has 0 saturated carbocycles. The summed E-state index contributed by atoms with van der Waals surface area (Å²) in [7, 11) is 1.57. The van der Waals surface area contributed by atoms with Crippen LogP contribution in [0.5, 0.6) is 0 Å². The van der Waals surface area contributed by atoms with E-state index < -0.39 is 12.0 Å². The summed E-state index contributed by atoms with van der Waals surface area (Å²) in [6.45, 7) is 2.49. The highest BCUT2D eigenvalue weighted by atomic mass is 16.5. The van der Waals surface area contributed by atoms with E-state index in [4.69, 9.17) is 4.74 Å². The predicted molar refractivity (Wildman–Crippen MR) is 66.0 cm³/mol. The van der Waals surface area contributed by atoms with Crippen LogP contribution in [0.2, 0.25) is 0 Å². The van der Waals surface area contributed by atoms with Crippen LogP contribution >= 0.6 is 0 Å². The van der Waals surface area contributed by atoms with Gasteiger partial charge in [-0.1, -0.05) is 24.3 Å². The molecule has 5 heteroatoms. The van der Waals surface area contributed by atoms with Gasteiger partial charge in [0.05, 0.1) is 6.61 Å². The summed E-state index contributed by atoms with van der Waals surface area (Å²) < 4.78 is 5.01. The van der Waals surface area contributed by atoms with Crippen LogP contribution in [-0.2, 0) is 20.9 Å². The number of rotatable bonds is 7. The molecular formula is C13H17NO4. The maximum absolute atomic E-state index is 11.3. The van der Waals surface area contributed by atoms with E-state index in [1.54, 1.807) is 32.2 Å². The molecule has 1 amide bonds. The van der Waals surface area contributed by atoms with Gasteiger partial charge in [-0.25, -0.2) is 4.79 Å². The maximum atomic E-state index is 11.3. The molecule has 5 nitrogen and oxygen atoms in total. The van der Waals surface area contributed by atoms with Crippen LogP contribution in [0.3, 0.4) is 0 Å². The van der Waals surface area contributed by atoms with Crippen molar-refractivity contribution >= 4 is 12.4 Å². The first-order valence-corrected chi connectivity index (χ1v) is 5.65. The molecule has 1 unspecified atom stereocenters. The number of nitrogens with zero attached hydrogens (tertiary/aromatic N) is 1. The Morgan fingerprint density at radius 1 is 1.56 bits per heavy atom. The Labute approximate surface area is 106 Å². The van der Waals surface area contributed by atoms with E-state index in [9.17, 15) is 14.7 Å². The van der Waals surface area contributed by atoms with Gasteiger partial charge in [0.25, 0.3) is 0 Å². The van der Waals surface area contributed by atoms with Gasteiger partial charge in [0.2, 0.25) is 6.41 Å². The number of benzene rings is 1. The van der Waals surface area contributed by atoms with E-state index in [1.807, 2.05) is 6.07 Å². The lowest BCUT2D eigenvalue weighted by Gasteiger charge is -2.24. The lowest BCUT2D eigenvalue weighted by atomic mass is 10.0. The van der Waals surface area contributed by atoms with Gasteiger partial charge >= 0.3 is 5.97 Å². The predicted octanol–water partition coefficient (Wildman–Crippen LogP) is 1.44. The molecular weight excluding hydrogens is 234 g/mol. The number of carboxylic acid groups (broad SMARTS) is 1. The molecule has 0 aliphatic heterocycles. The number of carbonyl (C=O) groups excluding carboxylic acids is 1. The van der Waals surface area contributed by atoms with E-state index in [-0.39, 0.29) is 0 Å². The summed E-state index contributed by atoms with van der Waals surface area (Å²) in [5.41, 5.74) is 1.45. The molecule has 98 valence electrons. The quantitative estimate of drug-likeness (QED) is 0.744. The lowest BCUT2D eigenvalue weighted by Crippen LogP contribution is -2.33. The Balaban J connectivity index is 3.09.